The molecule has 0 bridgehead atoms. The van der Waals surface area contributed by atoms with E-state index in [2.05, 4.69) is 325 Å². The van der Waals surface area contributed by atoms with E-state index in [1.165, 1.54) is 94.2 Å². The minimum absolute atomic E-state index is 0.613. The van der Waals surface area contributed by atoms with Crippen molar-refractivity contribution in [2.45, 2.75) is 5.41 Å². The molecule has 0 saturated heterocycles. The highest BCUT2D eigenvalue weighted by Gasteiger charge is 2.52. The number of benzene rings is 13. The van der Waals surface area contributed by atoms with Crippen LogP contribution in [0.1, 0.15) is 22.3 Å². The van der Waals surface area contributed by atoms with Crippen molar-refractivity contribution in [2.24, 2.45) is 0 Å². The Morgan fingerprint density at radius 1 is 0.190 bits per heavy atom. The van der Waals surface area contributed by atoms with Crippen LogP contribution in [-0.2, 0) is 5.41 Å². The minimum Gasteiger partial charge on any atom is -0.310 e. The Labute approximate surface area is 462 Å². The molecule has 0 aliphatic heterocycles. The van der Waals surface area contributed by atoms with E-state index in [0.29, 0.717) is 0 Å². The molecule has 13 aromatic rings. The Morgan fingerprint density at radius 2 is 0.570 bits per heavy atom. The van der Waals surface area contributed by atoms with Crippen LogP contribution in [-0.4, -0.2) is 0 Å². The molecule has 370 valence electrons. The van der Waals surface area contributed by atoms with Crippen molar-refractivity contribution < 1.29 is 0 Å². The standard InChI is InChI=1S/C77H52N2/c1-5-23-53(24-6-1)57-31-21-33-61(47-57)78(75-41-19-15-35-65(75)55-27-9-3-10-28-55)63-44-43-59-50-70-69-46-45-64(52-74(69)77(73(70)51-60(59)49-63)71-39-17-13-37-67(71)68-38-14-18-40-72(68)77)79(62-34-22-32-58(48-62)54-25-7-2-8-26-54)76-42-20-16-36-66(76)56-29-11-4-12-30-56/h1-52H. The number of anilines is 6. The number of nitrogens with zero attached hydrogens (tertiary/aromatic N) is 2. The fourth-order valence-electron chi connectivity index (χ4n) is 13.0. The van der Waals surface area contributed by atoms with Gasteiger partial charge in [-0.05, 0) is 161 Å². The zero-order valence-corrected chi connectivity index (χ0v) is 43.4. The Kier molecular flexibility index (Phi) is 11.1. The first-order valence-corrected chi connectivity index (χ1v) is 27.3. The van der Waals surface area contributed by atoms with Crippen LogP contribution in [0, 0.1) is 0 Å². The van der Waals surface area contributed by atoms with Gasteiger partial charge in [-0.1, -0.05) is 243 Å². The quantitative estimate of drug-likeness (QED) is 0.135. The molecule has 0 unspecified atom stereocenters. The number of hydrogen-bond acceptors (Lipinski definition) is 2. The highest BCUT2D eigenvalue weighted by atomic mass is 15.2. The van der Waals surface area contributed by atoms with Gasteiger partial charge in [-0.25, -0.2) is 0 Å². The summed E-state index contributed by atoms with van der Waals surface area (Å²) < 4.78 is 0. The second-order valence-electron chi connectivity index (χ2n) is 20.8. The molecule has 2 aliphatic rings. The van der Waals surface area contributed by atoms with E-state index in [4.69, 9.17) is 0 Å². The highest BCUT2D eigenvalue weighted by Crippen LogP contribution is 2.64. The van der Waals surface area contributed by atoms with E-state index in [1.54, 1.807) is 0 Å². The van der Waals surface area contributed by atoms with Crippen LogP contribution in [0.25, 0.3) is 77.5 Å². The van der Waals surface area contributed by atoms with Gasteiger partial charge in [0, 0.05) is 33.9 Å². The summed E-state index contributed by atoms with van der Waals surface area (Å²) >= 11 is 0. The molecule has 0 saturated carbocycles. The average Bonchev–Trinajstić information content (AvgIpc) is 3.41. The summed E-state index contributed by atoms with van der Waals surface area (Å²) in [4.78, 5) is 4.93. The molecule has 2 heteroatoms. The van der Waals surface area contributed by atoms with Crippen molar-refractivity contribution in [3.8, 4) is 66.8 Å². The van der Waals surface area contributed by atoms with Crippen LogP contribution in [0.15, 0.2) is 315 Å². The second kappa shape index (κ2) is 19.1. The van der Waals surface area contributed by atoms with Gasteiger partial charge in [-0.15, -0.1) is 0 Å². The zero-order chi connectivity index (χ0) is 52.3. The van der Waals surface area contributed by atoms with Crippen LogP contribution in [0.5, 0.6) is 0 Å². The fourth-order valence-corrected chi connectivity index (χ4v) is 13.0. The number of fused-ring (bicyclic) bond motifs is 11. The third-order valence-corrected chi connectivity index (χ3v) is 16.4. The Hall–Kier alpha value is -10.3. The van der Waals surface area contributed by atoms with Gasteiger partial charge >= 0.3 is 0 Å². The van der Waals surface area contributed by atoms with E-state index < -0.39 is 5.41 Å². The summed E-state index contributed by atoms with van der Waals surface area (Å²) in [5.41, 5.74) is 25.6. The molecule has 0 aromatic heterocycles. The van der Waals surface area contributed by atoms with Crippen molar-refractivity contribution in [1.29, 1.82) is 0 Å². The molecule has 0 heterocycles. The lowest BCUT2D eigenvalue weighted by Crippen LogP contribution is -2.26. The van der Waals surface area contributed by atoms with E-state index >= 15 is 0 Å². The molecule has 1 spiro atoms. The monoisotopic (exact) mass is 1000 g/mol. The van der Waals surface area contributed by atoms with E-state index in [1.807, 2.05) is 0 Å². The van der Waals surface area contributed by atoms with Crippen molar-refractivity contribution in [3.63, 3.8) is 0 Å². The fraction of sp³-hybridized carbons (Fsp3) is 0.0130. The first-order chi connectivity index (χ1) is 39.2. The lowest BCUT2D eigenvalue weighted by atomic mass is 9.70. The van der Waals surface area contributed by atoms with Crippen molar-refractivity contribution in [2.75, 3.05) is 9.80 Å². The third-order valence-electron chi connectivity index (χ3n) is 16.4. The molecule has 2 aliphatic carbocycles. The van der Waals surface area contributed by atoms with Gasteiger partial charge in [0.05, 0.1) is 16.8 Å². The van der Waals surface area contributed by atoms with Crippen LogP contribution < -0.4 is 9.80 Å². The molecular formula is C77H52N2. The van der Waals surface area contributed by atoms with Crippen LogP contribution in [0.3, 0.4) is 0 Å². The smallest absolute Gasteiger partial charge is 0.0726 e. The molecule has 2 nitrogen and oxygen atoms in total. The number of rotatable bonds is 10. The minimum atomic E-state index is -0.613. The average molecular weight is 1010 g/mol. The molecule has 0 N–H and O–H groups in total. The second-order valence-corrected chi connectivity index (χ2v) is 20.8. The molecule has 0 radical (unpaired) electrons. The summed E-state index contributed by atoms with van der Waals surface area (Å²) in [5, 5.41) is 2.38. The highest BCUT2D eigenvalue weighted by molar-refractivity contribution is 6.03. The van der Waals surface area contributed by atoms with E-state index in [0.717, 1.165) is 39.7 Å². The van der Waals surface area contributed by atoms with E-state index in [-0.39, 0.29) is 0 Å². The molecule has 79 heavy (non-hydrogen) atoms. The van der Waals surface area contributed by atoms with Crippen molar-refractivity contribution >= 4 is 44.9 Å². The topological polar surface area (TPSA) is 6.48 Å². The summed E-state index contributed by atoms with van der Waals surface area (Å²) in [7, 11) is 0. The summed E-state index contributed by atoms with van der Waals surface area (Å²) in [6.07, 6.45) is 0. The maximum absolute atomic E-state index is 2.53. The molecular weight excluding hydrogens is 953 g/mol. The van der Waals surface area contributed by atoms with Crippen LogP contribution in [0.2, 0.25) is 0 Å². The predicted octanol–water partition coefficient (Wildman–Crippen LogP) is 20.8. The largest absolute Gasteiger partial charge is 0.310 e. The van der Waals surface area contributed by atoms with Crippen LogP contribution in [0.4, 0.5) is 34.1 Å². The normalized spacial score (nSPS) is 12.4. The van der Waals surface area contributed by atoms with Gasteiger partial charge in [0.2, 0.25) is 0 Å². The Morgan fingerprint density at radius 3 is 1.09 bits per heavy atom. The molecule has 0 amide bonds. The Balaban J connectivity index is 0.960. The predicted molar refractivity (Wildman–Crippen MR) is 331 cm³/mol. The summed E-state index contributed by atoms with van der Waals surface area (Å²) in [6.45, 7) is 0. The van der Waals surface area contributed by atoms with Gasteiger partial charge in [-0.3, -0.25) is 0 Å². The SMILES string of the molecule is c1ccc(-c2cccc(N(c3ccc4c(c3)C3(c5ccccc5-c5ccccc53)c3cc5cc(N(c6cccc(-c7ccccc7)c6)c6ccccc6-c6ccccc6)ccc5cc3-4)c3ccccc3-c3ccccc3)c2)cc1. The maximum Gasteiger partial charge on any atom is 0.0726 e. The third kappa shape index (κ3) is 7.64. The van der Waals surface area contributed by atoms with Crippen molar-refractivity contribution in [3.05, 3.63) is 338 Å². The lowest BCUT2D eigenvalue weighted by Gasteiger charge is -2.33. The zero-order valence-electron chi connectivity index (χ0n) is 43.4. The number of para-hydroxylation sites is 2. The van der Waals surface area contributed by atoms with Gasteiger partial charge < -0.3 is 9.80 Å². The lowest BCUT2D eigenvalue weighted by molar-refractivity contribution is 0.795. The van der Waals surface area contributed by atoms with Gasteiger partial charge in [-0.2, -0.15) is 0 Å². The molecule has 0 atom stereocenters. The summed E-state index contributed by atoms with van der Waals surface area (Å²) in [6, 6.07) is 116. The van der Waals surface area contributed by atoms with Crippen molar-refractivity contribution in [1.82, 2.24) is 0 Å². The van der Waals surface area contributed by atoms with Gasteiger partial charge in [0.1, 0.15) is 0 Å². The van der Waals surface area contributed by atoms with E-state index in [9.17, 15) is 0 Å². The first-order valence-electron chi connectivity index (χ1n) is 27.3. The molecule has 0 fully saturated rings. The maximum atomic E-state index is 2.53. The van der Waals surface area contributed by atoms with Crippen LogP contribution >= 0.6 is 0 Å². The van der Waals surface area contributed by atoms with Gasteiger partial charge in [0.25, 0.3) is 0 Å². The first kappa shape index (κ1) is 46.1. The number of hydrogen-bond donors (Lipinski definition) is 0. The summed E-state index contributed by atoms with van der Waals surface area (Å²) in [5.74, 6) is 0. The molecule has 13 aromatic carbocycles. The molecule has 15 rings (SSSR count). The van der Waals surface area contributed by atoms with Gasteiger partial charge in [0.15, 0.2) is 0 Å². The Bertz CT molecular complexity index is 4380.